The smallest absolute Gasteiger partial charge is 0.258 e. The first-order valence-electron chi connectivity index (χ1n) is 6.42. The van der Waals surface area contributed by atoms with Crippen LogP contribution in [0.25, 0.3) is 0 Å². The number of nitrogens with zero attached hydrogens (tertiary/aromatic N) is 2. The fourth-order valence-corrected chi connectivity index (χ4v) is 2.39. The number of benzene rings is 1. The molecule has 2 rings (SSSR count). The van der Waals surface area contributed by atoms with Crippen molar-refractivity contribution in [1.82, 2.24) is 4.98 Å². The van der Waals surface area contributed by atoms with Crippen LogP contribution < -0.4 is 16.2 Å². The van der Waals surface area contributed by atoms with E-state index in [0.717, 1.165) is 16.8 Å². The molecule has 6 heteroatoms. The van der Waals surface area contributed by atoms with Gasteiger partial charge in [-0.3, -0.25) is 4.79 Å². The lowest BCUT2D eigenvalue weighted by molar-refractivity contribution is 0.0993. The van der Waals surface area contributed by atoms with Crippen LogP contribution in [0.3, 0.4) is 0 Å². The molecule has 0 atom stereocenters. The summed E-state index contributed by atoms with van der Waals surface area (Å²) in [5, 5.41) is 0.211. The number of aromatic nitrogens is 1. The standard InChI is InChI=1S/C15H17ClN4O/c1-9-4-5-12(10(2)6-9)20(3)15(21)11-7-13(16)18-14(8-11)19-17/h4-8H,17H2,1-3H3,(H,18,19). The van der Waals surface area contributed by atoms with Crippen LogP contribution in [0.4, 0.5) is 11.5 Å². The van der Waals surface area contributed by atoms with Crippen molar-refractivity contribution in [3.63, 3.8) is 0 Å². The number of rotatable bonds is 3. The first-order valence-corrected chi connectivity index (χ1v) is 6.79. The molecule has 0 bridgehead atoms. The van der Waals surface area contributed by atoms with Crippen LogP contribution in [0, 0.1) is 13.8 Å². The number of nitrogens with two attached hydrogens (primary N) is 1. The first-order chi connectivity index (χ1) is 9.92. The van der Waals surface area contributed by atoms with Crippen molar-refractivity contribution in [1.29, 1.82) is 0 Å². The van der Waals surface area contributed by atoms with Crippen molar-refractivity contribution in [2.45, 2.75) is 13.8 Å². The summed E-state index contributed by atoms with van der Waals surface area (Å²) in [6, 6.07) is 9.01. The van der Waals surface area contributed by atoms with Crippen LogP contribution in [0.5, 0.6) is 0 Å². The van der Waals surface area contributed by atoms with Gasteiger partial charge in [0.15, 0.2) is 0 Å². The van der Waals surface area contributed by atoms with Crippen LogP contribution in [0.15, 0.2) is 30.3 Å². The fraction of sp³-hybridized carbons (Fsp3) is 0.200. The summed E-state index contributed by atoms with van der Waals surface area (Å²) in [7, 11) is 1.73. The number of halogens is 1. The third-order valence-corrected chi connectivity index (χ3v) is 3.40. The highest BCUT2D eigenvalue weighted by molar-refractivity contribution is 6.30. The van der Waals surface area contributed by atoms with Gasteiger partial charge < -0.3 is 10.3 Å². The summed E-state index contributed by atoms with van der Waals surface area (Å²) in [6.07, 6.45) is 0. The maximum Gasteiger partial charge on any atom is 0.258 e. The number of hydrazine groups is 1. The highest BCUT2D eigenvalue weighted by atomic mass is 35.5. The number of hydrogen-bond donors (Lipinski definition) is 2. The largest absolute Gasteiger partial charge is 0.311 e. The van der Waals surface area contributed by atoms with Gasteiger partial charge in [-0.15, -0.1) is 0 Å². The summed E-state index contributed by atoms with van der Waals surface area (Å²) in [6.45, 7) is 3.99. The van der Waals surface area contributed by atoms with Crippen molar-refractivity contribution in [2.75, 3.05) is 17.4 Å². The van der Waals surface area contributed by atoms with Gasteiger partial charge in [0.1, 0.15) is 11.0 Å². The quantitative estimate of drug-likeness (QED) is 0.519. The van der Waals surface area contributed by atoms with Gasteiger partial charge in [-0.2, -0.15) is 0 Å². The molecule has 0 fully saturated rings. The Kier molecular flexibility index (Phi) is 4.45. The van der Waals surface area contributed by atoms with E-state index < -0.39 is 0 Å². The first kappa shape index (κ1) is 15.3. The Morgan fingerprint density at radius 1 is 1.29 bits per heavy atom. The summed E-state index contributed by atoms with van der Waals surface area (Å²) < 4.78 is 0. The number of hydrogen-bond acceptors (Lipinski definition) is 4. The Bertz CT molecular complexity index is 687. The lowest BCUT2D eigenvalue weighted by Crippen LogP contribution is -2.27. The molecule has 110 valence electrons. The minimum absolute atomic E-state index is 0.178. The van der Waals surface area contributed by atoms with E-state index in [1.165, 1.54) is 6.07 Å². The van der Waals surface area contributed by atoms with Crippen LogP contribution in [0.2, 0.25) is 5.15 Å². The third-order valence-electron chi connectivity index (χ3n) is 3.21. The minimum atomic E-state index is -0.178. The number of anilines is 2. The maximum atomic E-state index is 12.6. The van der Waals surface area contributed by atoms with E-state index in [0.29, 0.717) is 11.4 Å². The number of aryl methyl sites for hydroxylation is 2. The Labute approximate surface area is 128 Å². The molecule has 0 saturated carbocycles. The molecular formula is C15H17ClN4O. The van der Waals surface area contributed by atoms with Gasteiger partial charge in [-0.1, -0.05) is 29.3 Å². The lowest BCUT2D eigenvalue weighted by Gasteiger charge is -2.20. The zero-order valence-corrected chi connectivity index (χ0v) is 12.9. The normalized spacial score (nSPS) is 10.3. The molecule has 0 aliphatic carbocycles. The van der Waals surface area contributed by atoms with Gasteiger partial charge in [0.05, 0.1) is 0 Å². The lowest BCUT2D eigenvalue weighted by atomic mass is 10.1. The van der Waals surface area contributed by atoms with Crippen LogP contribution in [0.1, 0.15) is 21.5 Å². The van der Waals surface area contributed by atoms with Crippen LogP contribution in [-0.4, -0.2) is 17.9 Å². The average Bonchev–Trinajstić information content (AvgIpc) is 2.45. The van der Waals surface area contributed by atoms with Crippen molar-refractivity contribution in [3.05, 3.63) is 52.2 Å². The molecule has 2 aromatic rings. The van der Waals surface area contributed by atoms with E-state index >= 15 is 0 Å². The van der Waals surface area contributed by atoms with Crippen LogP contribution in [-0.2, 0) is 0 Å². The van der Waals surface area contributed by atoms with Crippen molar-refractivity contribution in [3.8, 4) is 0 Å². The second-order valence-corrected chi connectivity index (χ2v) is 5.25. The predicted octanol–water partition coefficient (Wildman–Crippen LogP) is 2.91. The molecule has 0 saturated heterocycles. The monoisotopic (exact) mass is 304 g/mol. The number of pyridine rings is 1. The van der Waals surface area contributed by atoms with E-state index in [-0.39, 0.29) is 11.1 Å². The van der Waals surface area contributed by atoms with Crippen molar-refractivity contribution in [2.24, 2.45) is 5.84 Å². The maximum absolute atomic E-state index is 12.6. The molecule has 3 N–H and O–H groups in total. The summed E-state index contributed by atoms with van der Waals surface area (Å²) in [4.78, 5) is 18.1. The predicted molar refractivity (Wildman–Crippen MR) is 85.7 cm³/mol. The van der Waals surface area contributed by atoms with Gasteiger partial charge >= 0.3 is 0 Å². The Balaban J connectivity index is 2.37. The number of nitrogens with one attached hydrogen (secondary N) is 1. The van der Waals surface area contributed by atoms with Gasteiger partial charge in [-0.25, -0.2) is 10.8 Å². The van der Waals surface area contributed by atoms with Crippen molar-refractivity contribution >= 4 is 29.0 Å². The van der Waals surface area contributed by atoms with E-state index in [4.69, 9.17) is 17.4 Å². The van der Waals surface area contributed by atoms with Gasteiger partial charge in [0.25, 0.3) is 5.91 Å². The fourth-order valence-electron chi connectivity index (χ4n) is 2.18. The Morgan fingerprint density at radius 3 is 2.62 bits per heavy atom. The Hall–Kier alpha value is -2.11. The molecule has 1 heterocycles. The van der Waals surface area contributed by atoms with Gasteiger partial charge in [-0.05, 0) is 37.6 Å². The van der Waals surface area contributed by atoms with E-state index in [1.807, 2.05) is 32.0 Å². The Morgan fingerprint density at radius 2 is 2.00 bits per heavy atom. The van der Waals surface area contributed by atoms with Gasteiger partial charge in [0, 0.05) is 18.3 Å². The summed E-state index contributed by atoms with van der Waals surface area (Å²) in [5.41, 5.74) is 5.85. The number of amides is 1. The number of carbonyl (C=O) groups is 1. The van der Waals surface area contributed by atoms with Crippen molar-refractivity contribution < 1.29 is 4.79 Å². The molecule has 0 aliphatic rings. The van der Waals surface area contributed by atoms with Gasteiger partial charge in [0.2, 0.25) is 0 Å². The van der Waals surface area contributed by atoms with E-state index in [9.17, 15) is 4.79 Å². The van der Waals surface area contributed by atoms with E-state index in [2.05, 4.69) is 10.4 Å². The molecule has 1 amide bonds. The topological polar surface area (TPSA) is 71.2 Å². The highest BCUT2D eigenvalue weighted by Crippen LogP contribution is 2.23. The summed E-state index contributed by atoms with van der Waals surface area (Å²) in [5.74, 6) is 5.49. The zero-order valence-electron chi connectivity index (χ0n) is 12.1. The van der Waals surface area contributed by atoms with Crippen LogP contribution >= 0.6 is 11.6 Å². The average molecular weight is 305 g/mol. The molecule has 1 aromatic carbocycles. The molecule has 5 nitrogen and oxygen atoms in total. The molecule has 0 radical (unpaired) electrons. The molecule has 21 heavy (non-hydrogen) atoms. The molecular weight excluding hydrogens is 288 g/mol. The molecule has 0 aliphatic heterocycles. The van der Waals surface area contributed by atoms with E-state index in [1.54, 1.807) is 18.0 Å². The number of carbonyl (C=O) groups excluding carboxylic acids is 1. The number of nitrogen functional groups attached to an aromatic ring is 1. The molecule has 1 aromatic heterocycles. The zero-order chi connectivity index (χ0) is 15.6. The highest BCUT2D eigenvalue weighted by Gasteiger charge is 2.17. The minimum Gasteiger partial charge on any atom is -0.311 e. The second-order valence-electron chi connectivity index (χ2n) is 4.86. The second kappa shape index (κ2) is 6.11. The summed E-state index contributed by atoms with van der Waals surface area (Å²) >= 11 is 5.90. The molecule has 0 spiro atoms. The molecule has 0 unspecified atom stereocenters. The third kappa shape index (κ3) is 3.32. The SMILES string of the molecule is Cc1ccc(N(C)C(=O)c2cc(Cl)nc(NN)c2)c(C)c1.